The van der Waals surface area contributed by atoms with Crippen LogP contribution in [0.1, 0.15) is 44.9 Å². The lowest BCUT2D eigenvalue weighted by atomic mass is 9.80. The third-order valence-corrected chi connectivity index (χ3v) is 4.55. The Kier molecular flexibility index (Phi) is 5.01. The molecule has 4 nitrogen and oxygen atoms in total. The van der Waals surface area contributed by atoms with Gasteiger partial charge in [0.15, 0.2) is 0 Å². The van der Waals surface area contributed by atoms with E-state index in [0.29, 0.717) is 5.92 Å². The van der Waals surface area contributed by atoms with E-state index in [1.54, 1.807) is 0 Å². The van der Waals surface area contributed by atoms with Crippen molar-refractivity contribution >= 4 is 5.91 Å². The van der Waals surface area contributed by atoms with E-state index in [9.17, 15) is 9.90 Å². The van der Waals surface area contributed by atoms with E-state index in [1.807, 2.05) is 4.90 Å². The second-order valence-electron chi connectivity index (χ2n) is 5.77. The van der Waals surface area contributed by atoms with E-state index in [2.05, 4.69) is 0 Å². The second kappa shape index (κ2) is 6.53. The van der Waals surface area contributed by atoms with Crippen molar-refractivity contribution in [3.8, 4) is 0 Å². The van der Waals surface area contributed by atoms with Crippen LogP contribution in [-0.4, -0.2) is 46.8 Å². The van der Waals surface area contributed by atoms with E-state index in [4.69, 9.17) is 5.11 Å². The van der Waals surface area contributed by atoms with Crippen LogP contribution in [0.3, 0.4) is 0 Å². The number of hydrogen-bond donors (Lipinski definition) is 2. The molecule has 2 rings (SSSR count). The molecule has 0 aromatic carbocycles. The summed E-state index contributed by atoms with van der Waals surface area (Å²) in [5.41, 5.74) is 0. The van der Waals surface area contributed by atoms with Crippen LogP contribution in [0.25, 0.3) is 0 Å². The smallest absolute Gasteiger partial charge is 0.251 e. The molecule has 1 heterocycles. The fourth-order valence-electron chi connectivity index (χ4n) is 3.00. The standard InChI is InChI=1S/C14H25NO3/c16-10-7-11-3-2-8-15(9-6-11)14(18)13(17)12-4-1-5-12/h11-13,16-17H,1-10H2. The van der Waals surface area contributed by atoms with Crippen LogP contribution in [0.2, 0.25) is 0 Å². The van der Waals surface area contributed by atoms with Gasteiger partial charge in [-0.3, -0.25) is 4.79 Å². The number of hydrogen-bond acceptors (Lipinski definition) is 3. The quantitative estimate of drug-likeness (QED) is 0.792. The summed E-state index contributed by atoms with van der Waals surface area (Å²) in [7, 11) is 0. The first kappa shape index (κ1) is 13.8. The minimum absolute atomic E-state index is 0.0654. The van der Waals surface area contributed by atoms with E-state index in [-0.39, 0.29) is 18.4 Å². The van der Waals surface area contributed by atoms with Gasteiger partial charge in [0.1, 0.15) is 6.10 Å². The Morgan fingerprint density at radius 2 is 1.94 bits per heavy atom. The maximum Gasteiger partial charge on any atom is 0.251 e. The van der Waals surface area contributed by atoms with Crippen molar-refractivity contribution in [2.45, 2.75) is 51.0 Å². The molecule has 1 amide bonds. The Balaban J connectivity index is 1.82. The van der Waals surface area contributed by atoms with Gasteiger partial charge in [0.05, 0.1) is 0 Å². The van der Waals surface area contributed by atoms with Crippen molar-refractivity contribution in [3.05, 3.63) is 0 Å². The third-order valence-electron chi connectivity index (χ3n) is 4.55. The molecule has 0 radical (unpaired) electrons. The molecule has 2 aliphatic rings. The van der Waals surface area contributed by atoms with Gasteiger partial charge in [0, 0.05) is 19.7 Å². The number of carbonyl (C=O) groups excluding carboxylic acids is 1. The largest absolute Gasteiger partial charge is 0.396 e. The van der Waals surface area contributed by atoms with Crippen molar-refractivity contribution in [1.82, 2.24) is 4.90 Å². The first-order valence-electron chi connectivity index (χ1n) is 7.30. The van der Waals surface area contributed by atoms with Crippen LogP contribution in [0, 0.1) is 11.8 Å². The van der Waals surface area contributed by atoms with Crippen LogP contribution in [0.15, 0.2) is 0 Å². The zero-order chi connectivity index (χ0) is 13.0. The van der Waals surface area contributed by atoms with Crippen molar-refractivity contribution in [1.29, 1.82) is 0 Å². The summed E-state index contributed by atoms with van der Waals surface area (Å²) in [4.78, 5) is 14.0. The molecule has 2 atom stereocenters. The third kappa shape index (κ3) is 3.23. The predicted octanol–water partition coefficient (Wildman–Crippen LogP) is 1.16. The van der Waals surface area contributed by atoms with Crippen LogP contribution in [-0.2, 0) is 4.79 Å². The zero-order valence-corrected chi connectivity index (χ0v) is 11.1. The highest BCUT2D eigenvalue weighted by atomic mass is 16.3. The molecule has 2 fully saturated rings. The summed E-state index contributed by atoms with van der Waals surface area (Å²) in [5, 5.41) is 19.0. The summed E-state index contributed by atoms with van der Waals surface area (Å²) >= 11 is 0. The Bertz CT molecular complexity index is 278. The molecule has 1 saturated carbocycles. The normalized spacial score (nSPS) is 27.4. The average molecular weight is 255 g/mol. The van der Waals surface area contributed by atoms with Crippen LogP contribution < -0.4 is 0 Å². The molecule has 4 heteroatoms. The fraction of sp³-hybridized carbons (Fsp3) is 0.929. The molecular formula is C14H25NO3. The van der Waals surface area contributed by atoms with Gasteiger partial charge < -0.3 is 15.1 Å². The lowest BCUT2D eigenvalue weighted by molar-refractivity contribution is -0.144. The number of aliphatic hydroxyl groups excluding tert-OH is 2. The minimum Gasteiger partial charge on any atom is -0.396 e. The fourth-order valence-corrected chi connectivity index (χ4v) is 3.00. The molecule has 0 aromatic heterocycles. The number of aliphatic hydroxyl groups is 2. The van der Waals surface area contributed by atoms with Crippen LogP contribution in [0.4, 0.5) is 0 Å². The van der Waals surface area contributed by atoms with Gasteiger partial charge in [-0.15, -0.1) is 0 Å². The topological polar surface area (TPSA) is 60.8 Å². The molecule has 2 unspecified atom stereocenters. The number of rotatable bonds is 4. The predicted molar refractivity (Wildman–Crippen MR) is 69.0 cm³/mol. The van der Waals surface area contributed by atoms with Crippen LogP contribution >= 0.6 is 0 Å². The van der Waals surface area contributed by atoms with Gasteiger partial charge in [-0.1, -0.05) is 6.42 Å². The molecular weight excluding hydrogens is 230 g/mol. The van der Waals surface area contributed by atoms with Gasteiger partial charge in [0.2, 0.25) is 0 Å². The minimum atomic E-state index is -0.770. The van der Waals surface area contributed by atoms with Gasteiger partial charge >= 0.3 is 0 Å². The van der Waals surface area contributed by atoms with Crippen molar-refractivity contribution in [3.63, 3.8) is 0 Å². The molecule has 0 spiro atoms. The highest BCUT2D eigenvalue weighted by Crippen LogP contribution is 2.31. The molecule has 1 aliphatic carbocycles. The molecule has 1 aliphatic heterocycles. The maximum absolute atomic E-state index is 12.2. The lowest BCUT2D eigenvalue weighted by Gasteiger charge is -2.32. The zero-order valence-electron chi connectivity index (χ0n) is 11.1. The Labute approximate surface area is 109 Å². The molecule has 18 heavy (non-hydrogen) atoms. The highest BCUT2D eigenvalue weighted by Gasteiger charge is 2.34. The summed E-state index contributed by atoms with van der Waals surface area (Å²) < 4.78 is 0. The molecule has 0 aromatic rings. The monoisotopic (exact) mass is 255 g/mol. The van der Waals surface area contributed by atoms with Gasteiger partial charge in [-0.2, -0.15) is 0 Å². The summed E-state index contributed by atoms with van der Waals surface area (Å²) in [6.45, 7) is 1.75. The SMILES string of the molecule is O=C(C(O)C1CCC1)N1CCCC(CCO)CC1. The highest BCUT2D eigenvalue weighted by molar-refractivity contribution is 5.81. The van der Waals surface area contributed by atoms with Crippen molar-refractivity contribution < 1.29 is 15.0 Å². The summed E-state index contributed by atoms with van der Waals surface area (Å²) in [6.07, 6.45) is 6.25. The van der Waals surface area contributed by atoms with E-state index >= 15 is 0 Å². The van der Waals surface area contributed by atoms with Gasteiger partial charge in [0.25, 0.3) is 5.91 Å². The Morgan fingerprint density at radius 1 is 1.17 bits per heavy atom. The van der Waals surface area contributed by atoms with Gasteiger partial charge in [-0.05, 0) is 50.4 Å². The molecule has 104 valence electrons. The van der Waals surface area contributed by atoms with Crippen molar-refractivity contribution in [2.24, 2.45) is 11.8 Å². The molecule has 2 N–H and O–H groups in total. The first-order valence-corrected chi connectivity index (χ1v) is 7.30. The Morgan fingerprint density at radius 3 is 2.56 bits per heavy atom. The van der Waals surface area contributed by atoms with E-state index in [0.717, 1.165) is 58.0 Å². The van der Waals surface area contributed by atoms with E-state index in [1.165, 1.54) is 0 Å². The van der Waals surface area contributed by atoms with Crippen molar-refractivity contribution in [2.75, 3.05) is 19.7 Å². The number of likely N-dealkylation sites (tertiary alicyclic amines) is 1. The number of amides is 1. The second-order valence-corrected chi connectivity index (χ2v) is 5.77. The Hall–Kier alpha value is -0.610. The number of carbonyl (C=O) groups is 1. The molecule has 0 bridgehead atoms. The maximum atomic E-state index is 12.2. The number of nitrogens with zero attached hydrogens (tertiary/aromatic N) is 1. The van der Waals surface area contributed by atoms with Gasteiger partial charge in [-0.25, -0.2) is 0 Å². The molecule has 1 saturated heterocycles. The van der Waals surface area contributed by atoms with Crippen LogP contribution in [0.5, 0.6) is 0 Å². The first-order chi connectivity index (χ1) is 8.72. The average Bonchev–Trinajstić information content (AvgIpc) is 2.52. The summed E-state index contributed by atoms with van der Waals surface area (Å²) in [6, 6.07) is 0. The van der Waals surface area contributed by atoms with E-state index < -0.39 is 6.10 Å². The lowest BCUT2D eigenvalue weighted by Crippen LogP contribution is -2.44. The summed E-state index contributed by atoms with van der Waals surface area (Å²) in [5.74, 6) is 0.673.